The minimum Gasteiger partial charge on any atom is -0.497 e. The van der Waals surface area contributed by atoms with Crippen LogP contribution in [0.2, 0.25) is 0 Å². The summed E-state index contributed by atoms with van der Waals surface area (Å²) in [5.41, 5.74) is -1.69. The van der Waals surface area contributed by atoms with Crippen molar-refractivity contribution in [1.82, 2.24) is 5.32 Å². The summed E-state index contributed by atoms with van der Waals surface area (Å²) >= 11 is 0. The highest BCUT2D eigenvalue weighted by molar-refractivity contribution is 5.91. The van der Waals surface area contributed by atoms with E-state index in [9.17, 15) is 14.7 Å². The molecule has 0 aliphatic carbocycles. The summed E-state index contributed by atoms with van der Waals surface area (Å²) in [6.45, 7) is 4.34. The lowest BCUT2D eigenvalue weighted by atomic mass is 10.1. The summed E-state index contributed by atoms with van der Waals surface area (Å²) in [5, 5.41) is 23.2. The summed E-state index contributed by atoms with van der Waals surface area (Å²) in [6, 6.07) is 4.25. The molecule has 0 aliphatic heterocycles. The maximum Gasteiger partial charge on any atom is 0.337 e. The van der Waals surface area contributed by atoms with Gasteiger partial charge < -0.3 is 30.3 Å². The highest BCUT2D eigenvalue weighted by Crippen LogP contribution is 2.30. The van der Waals surface area contributed by atoms with Gasteiger partial charge in [-0.25, -0.2) is 9.59 Å². The van der Waals surface area contributed by atoms with Crippen molar-refractivity contribution >= 4 is 17.7 Å². The fourth-order valence-electron chi connectivity index (χ4n) is 1.58. The first-order valence-electron chi connectivity index (χ1n) is 7.01. The monoisotopic (exact) mass is 326 g/mol. The first kappa shape index (κ1) is 18.6. The Morgan fingerprint density at radius 1 is 1.35 bits per heavy atom. The predicted octanol–water partition coefficient (Wildman–Crippen LogP) is 1.44. The number of hydrogen-bond donors (Lipinski definition) is 4. The van der Waals surface area contributed by atoms with Gasteiger partial charge >= 0.3 is 12.0 Å². The fraction of sp³-hybridized carbons (Fsp3) is 0.467. The van der Waals surface area contributed by atoms with Crippen molar-refractivity contribution in [3.63, 3.8) is 0 Å². The first-order valence-corrected chi connectivity index (χ1v) is 7.01. The van der Waals surface area contributed by atoms with Crippen molar-refractivity contribution in [2.75, 3.05) is 19.0 Å². The standard InChI is InChI=1S/C15H22N2O6/c1-9(2)23-12-6-5-10(22-4)7-11(12)17-14(20)16-8-15(3,21)13(18)19/h5-7,9,21H,8H2,1-4H3,(H,18,19)(H2,16,17,20). The number of carboxylic acid groups (broad SMARTS) is 1. The highest BCUT2D eigenvalue weighted by atomic mass is 16.5. The molecule has 0 spiro atoms. The van der Waals surface area contributed by atoms with E-state index in [1.807, 2.05) is 13.8 Å². The van der Waals surface area contributed by atoms with Gasteiger partial charge in [-0.2, -0.15) is 0 Å². The normalized spacial score (nSPS) is 13.1. The minimum atomic E-state index is -2.05. The van der Waals surface area contributed by atoms with E-state index in [4.69, 9.17) is 14.6 Å². The Hall–Kier alpha value is -2.48. The van der Waals surface area contributed by atoms with Crippen LogP contribution in [0.5, 0.6) is 11.5 Å². The van der Waals surface area contributed by atoms with Gasteiger partial charge in [-0.3, -0.25) is 0 Å². The van der Waals surface area contributed by atoms with Crippen LogP contribution in [0.3, 0.4) is 0 Å². The summed E-state index contributed by atoms with van der Waals surface area (Å²) in [7, 11) is 1.49. The molecule has 0 heterocycles. The molecule has 1 aromatic carbocycles. The van der Waals surface area contributed by atoms with Crippen molar-refractivity contribution in [1.29, 1.82) is 0 Å². The molecule has 0 fully saturated rings. The van der Waals surface area contributed by atoms with Crippen molar-refractivity contribution in [3.8, 4) is 11.5 Å². The van der Waals surface area contributed by atoms with Crippen LogP contribution < -0.4 is 20.1 Å². The first-order chi connectivity index (χ1) is 10.7. The molecular formula is C15H22N2O6. The second-order valence-corrected chi connectivity index (χ2v) is 5.42. The van der Waals surface area contributed by atoms with Gasteiger partial charge in [0.2, 0.25) is 0 Å². The SMILES string of the molecule is COc1ccc(OC(C)C)c(NC(=O)NCC(C)(O)C(=O)O)c1. The van der Waals surface area contributed by atoms with Gasteiger partial charge in [0.25, 0.3) is 0 Å². The third-order valence-electron chi connectivity index (χ3n) is 2.85. The third-order valence-corrected chi connectivity index (χ3v) is 2.85. The van der Waals surface area contributed by atoms with E-state index in [2.05, 4.69) is 10.6 Å². The zero-order valence-electron chi connectivity index (χ0n) is 13.5. The maximum atomic E-state index is 11.9. The molecule has 8 nitrogen and oxygen atoms in total. The number of benzene rings is 1. The largest absolute Gasteiger partial charge is 0.497 e. The Kier molecular flexibility index (Phi) is 6.20. The lowest BCUT2D eigenvalue weighted by molar-refractivity contribution is -0.155. The van der Waals surface area contributed by atoms with Crippen LogP contribution in [0, 0.1) is 0 Å². The Bertz CT molecular complexity index is 571. The summed E-state index contributed by atoms with van der Waals surface area (Å²) in [5.74, 6) is -0.460. The van der Waals surface area contributed by atoms with Crippen LogP contribution in [0.15, 0.2) is 18.2 Å². The van der Waals surface area contributed by atoms with E-state index in [1.165, 1.54) is 7.11 Å². The summed E-state index contributed by atoms with van der Waals surface area (Å²) in [6.07, 6.45) is -0.0975. The average molecular weight is 326 g/mol. The van der Waals surface area contributed by atoms with Crippen LogP contribution in [-0.4, -0.2) is 47.6 Å². The van der Waals surface area contributed by atoms with Gasteiger partial charge in [-0.1, -0.05) is 0 Å². The van der Waals surface area contributed by atoms with E-state index >= 15 is 0 Å². The average Bonchev–Trinajstić information content (AvgIpc) is 2.46. The van der Waals surface area contributed by atoms with Crippen LogP contribution in [-0.2, 0) is 4.79 Å². The van der Waals surface area contributed by atoms with Crippen molar-refractivity contribution in [3.05, 3.63) is 18.2 Å². The third kappa shape index (κ3) is 5.67. The molecule has 4 N–H and O–H groups in total. The number of anilines is 1. The molecule has 23 heavy (non-hydrogen) atoms. The number of carboxylic acids is 1. The molecule has 0 saturated heterocycles. The van der Waals surface area contributed by atoms with Gasteiger partial charge in [0.1, 0.15) is 11.5 Å². The molecule has 1 unspecified atom stereocenters. The van der Waals surface area contributed by atoms with Gasteiger partial charge in [-0.15, -0.1) is 0 Å². The summed E-state index contributed by atoms with van der Waals surface area (Å²) in [4.78, 5) is 22.7. The van der Waals surface area contributed by atoms with Crippen molar-refractivity contribution < 1.29 is 29.3 Å². The van der Waals surface area contributed by atoms with Gasteiger partial charge in [0.05, 0.1) is 25.4 Å². The number of amides is 2. The number of hydrogen-bond acceptors (Lipinski definition) is 5. The quantitative estimate of drug-likeness (QED) is 0.602. The Morgan fingerprint density at radius 2 is 2.00 bits per heavy atom. The topological polar surface area (TPSA) is 117 Å². The molecule has 1 rings (SSSR count). The number of carbonyl (C=O) groups excluding carboxylic acids is 1. The number of urea groups is 1. The lowest BCUT2D eigenvalue weighted by Crippen LogP contribution is -2.47. The Morgan fingerprint density at radius 3 is 2.52 bits per heavy atom. The van der Waals surface area contributed by atoms with Crippen LogP contribution >= 0.6 is 0 Å². The van der Waals surface area contributed by atoms with E-state index in [0.29, 0.717) is 17.2 Å². The molecule has 1 atom stereocenters. The van der Waals surface area contributed by atoms with E-state index in [0.717, 1.165) is 6.92 Å². The molecule has 1 aromatic rings. The zero-order chi connectivity index (χ0) is 17.6. The van der Waals surface area contributed by atoms with E-state index in [1.54, 1.807) is 18.2 Å². The lowest BCUT2D eigenvalue weighted by Gasteiger charge is -2.19. The number of carbonyl (C=O) groups is 2. The van der Waals surface area contributed by atoms with Crippen LogP contribution in [0.4, 0.5) is 10.5 Å². The van der Waals surface area contributed by atoms with Gasteiger partial charge in [0, 0.05) is 6.07 Å². The predicted molar refractivity (Wildman–Crippen MR) is 84.0 cm³/mol. The Labute approximate surface area is 134 Å². The molecule has 0 radical (unpaired) electrons. The van der Waals surface area contributed by atoms with E-state index < -0.39 is 24.1 Å². The Balaban J connectivity index is 2.81. The highest BCUT2D eigenvalue weighted by Gasteiger charge is 2.30. The van der Waals surface area contributed by atoms with Crippen LogP contribution in [0.25, 0.3) is 0 Å². The molecule has 128 valence electrons. The second kappa shape index (κ2) is 7.68. The molecule has 0 aromatic heterocycles. The molecule has 8 heteroatoms. The van der Waals surface area contributed by atoms with E-state index in [-0.39, 0.29) is 6.10 Å². The fourth-order valence-corrected chi connectivity index (χ4v) is 1.58. The molecule has 0 bridgehead atoms. The number of nitrogens with one attached hydrogen (secondary N) is 2. The molecule has 0 saturated carbocycles. The molecule has 0 aliphatic rings. The van der Waals surface area contributed by atoms with Crippen LogP contribution in [0.1, 0.15) is 20.8 Å². The van der Waals surface area contributed by atoms with Crippen molar-refractivity contribution in [2.45, 2.75) is 32.5 Å². The zero-order valence-corrected chi connectivity index (χ0v) is 13.5. The second-order valence-electron chi connectivity index (χ2n) is 5.42. The molecular weight excluding hydrogens is 304 g/mol. The molecule has 2 amide bonds. The number of aliphatic hydroxyl groups is 1. The van der Waals surface area contributed by atoms with Gasteiger partial charge in [-0.05, 0) is 32.9 Å². The number of methoxy groups -OCH3 is 1. The summed E-state index contributed by atoms with van der Waals surface area (Å²) < 4.78 is 10.7. The van der Waals surface area contributed by atoms with Gasteiger partial charge in [0.15, 0.2) is 5.60 Å². The number of ether oxygens (including phenoxy) is 2. The smallest absolute Gasteiger partial charge is 0.337 e. The number of aliphatic carboxylic acids is 1. The van der Waals surface area contributed by atoms with Crippen molar-refractivity contribution in [2.24, 2.45) is 0 Å². The maximum absolute atomic E-state index is 11.9. The minimum absolute atomic E-state index is 0.0975. The number of rotatable bonds is 7.